The first-order valence-electron chi connectivity index (χ1n) is 10.5. The van der Waals surface area contributed by atoms with Crippen LogP contribution >= 0.6 is 0 Å². The maximum Gasteiger partial charge on any atom is 0.338 e. The summed E-state index contributed by atoms with van der Waals surface area (Å²) in [5, 5.41) is 0. The van der Waals surface area contributed by atoms with Gasteiger partial charge in [0.2, 0.25) is 0 Å². The number of aromatic nitrogens is 4. The zero-order valence-corrected chi connectivity index (χ0v) is 17.5. The lowest BCUT2D eigenvalue weighted by Gasteiger charge is -2.19. The van der Waals surface area contributed by atoms with Gasteiger partial charge in [0.05, 0.1) is 23.7 Å². The highest BCUT2D eigenvalue weighted by Gasteiger charge is 2.40. The fourth-order valence-corrected chi connectivity index (χ4v) is 3.74. The lowest BCUT2D eigenvalue weighted by Crippen LogP contribution is -2.32. The second-order valence-corrected chi connectivity index (χ2v) is 7.52. The van der Waals surface area contributed by atoms with Gasteiger partial charge in [-0.25, -0.2) is 24.5 Å². The van der Waals surface area contributed by atoms with E-state index < -0.39 is 30.4 Å². The SMILES string of the molecule is O=C(OC[C@H]1O[C@@H](n2cnc3cncnc32)C[C@@H]1OC(=O)c1ccccc1)c1ccccc1. The minimum atomic E-state index is -0.658. The zero-order valence-electron chi connectivity index (χ0n) is 17.5. The normalized spacial score (nSPS) is 19.9. The molecule has 0 aliphatic carbocycles. The second-order valence-electron chi connectivity index (χ2n) is 7.52. The van der Waals surface area contributed by atoms with Gasteiger partial charge in [0.1, 0.15) is 36.9 Å². The van der Waals surface area contributed by atoms with Crippen LogP contribution in [-0.2, 0) is 14.2 Å². The van der Waals surface area contributed by atoms with Crippen molar-refractivity contribution in [2.75, 3.05) is 6.61 Å². The van der Waals surface area contributed by atoms with E-state index in [1.54, 1.807) is 65.6 Å². The van der Waals surface area contributed by atoms with E-state index in [-0.39, 0.29) is 6.61 Å². The summed E-state index contributed by atoms with van der Waals surface area (Å²) in [7, 11) is 0. The zero-order chi connectivity index (χ0) is 22.6. The molecule has 4 aromatic rings. The first-order valence-corrected chi connectivity index (χ1v) is 10.5. The monoisotopic (exact) mass is 444 g/mol. The van der Waals surface area contributed by atoms with Crippen molar-refractivity contribution in [3.63, 3.8) is 0 Å². The molecule has 1 aliphatic heterocycles. The molecule has 33 heavy (non-hydrogen) atoms. The number of hydrogen-bond donors (Lipinski definition) is 0. The molecule has 3 atom stereocenters. The number of imidazole rings is 1. The Morgan fingerprint density at radius 3 is 2.39 bits per heavy atom. The summed E-state index contributed by atoms with van der Waals surface area (Å²) in [5.41, 5.74) is 2.09. The van der Waals surface area contributed by atoms with Crippen molar-refractivity contribution in [1.82, 2.24) is 19.5 Å². The van der Waals surface area contributed by atoms with Gasteiger partial charge in [-0.3, -0.25) is 4.57 Å². The van der Waals surface area contributed by atoms with Crippen LogP contribution in [0.4, 0.5) is 0 Å². The molecule has 3 heterocycles. The lowest BCUT2D eigenvalue weighted by molar-refractivity contribution is -0.0563. The summed E-state index contributed by atoms with van der Waals surface area (Å²) in [4.78, 5) is 37.7. The number of nitrogens with zero attached hydrogens (tertiary/aromatic N) is 4. The highest BCUT2D eigenvalue weighted by Crippen LogP contribution is 2.33. The minimum absolute atomic E-state index is 0.0709. The molecule has 1 saturated heterocycles. The van der Waals surface area contributed by atoms with Crippen LogP contribution in [0.1, 0.15) is 33.4 Å². The van der Waals surface area contributed by atoms with Crippen LogP contribution in [0.15, 0.2) is 79.5 Å². The standard InChI is InChI=1S/C24H20N4O5/c29-23(16-7-3-1-4-8-16)31-13-20-19(33-24(30)17-9-5-2-6-10-17)11-21(32-20)28-15-27-18-12-25-14-26-22(18)28/h1-10,12,14-15,19-21H,11,13H2/t19-,20+,21+/m0/s1. The number of ether oxygens (including phenoxy) is 3. The Morgan fingerprint density at radius 2 is 1.67 bits per heavy atom. The molecule has 9 nitrogen and oxygen atoms in total. The predicted octanol–water partition coefficient (Wildman–Crippen LogP) is 3.20. The van der Waals surface area contributed by atoms with Crippen molar-refractivity contribution >= 4 is 23.1 Å². The van der Waals surface area contributed by atoms with Crippen LogP contribution in [-0.4, -0.2) is 50.3 Å². The number of esters is 2. The van der Waals surface area contributed by atoms with Crippen molar-refractivity contribution in [1.29, 1.82) is 0 Å². The first-order chi connectivity index (χ1) is 16.2. The van der Waals surface area contributed by atoms with Crippen molar-refractivity contribution in [2.24, 2.45) is 0 Å². The van der Waals surface area contributed by atoms with Crippen LogP contribution in [0, 0.1) is 0 Å². The number of hydrogen-bond acceptors (Lipinski definition) is 8. The van der Waals surface area contributed by atoms with Gasteiger partial charge in [0.25, 0.3) is 0 Å². The van der Waals surface area contributed by atoms with Gasteiger partial charge < -0.3 is 14.2 Å². The predicted molar refractivity (Wildman–Crippen MR) is 116 cm³/mol. The summed E-state index contributed by atoms with van der Waals surface area (Å²) in [6.07, 6.45) is 3.21. The van der Waals surface area contributed by atoms with E-state index in [0.717, 1.165) is 0 Å². The van der Waals surface area contributed by atoms with Gasteiger partial charge in [0, 0.05) is 6.42 Å². The van der Waals surface area contributed by atoms with E-state index in [0.29, 0.717) is 28.7 Å². The van der Waals surface area contributed by atoms with Crippen molar-refractivity contribution in [2.45, 2.75) is 24.9 Å². The number of carbonyl (C=O) groups is 2. The topological polar surface area (TPSA) is 105 Å². The summed E-state index contributed by atoms with van der Waals surface area (Å²) in [6, 6.07) is 17.4. The highest BCUT2D eigenvalue weighted by molar-refractivity contribution is 5.90. The molecule has 1 fully saturated rings. The van der Waals surface area contributed by atoms with E-state index in [9.17, 15) is 9.59 Å². The third-order valence-electron chi connectivity index (χ3n) is 5.39. The van der Waals surface area contributed by atoms with E-state index in [1.165, 1.54) is 6.33 Å². The van der Waals surface area contributed by atoms with Crippen molar-refractivity contribution in [3.05, 3.63) is 90.6 Å². The lowest BCUT2D eigenvalue weighted by atomic mass is 10.1. The fraction of sp³-hybridized carbons (Fsp3) is 0.208. The molecule has 0 radical (unpaired) electrons. The molecule has 0 unspecified atom stereocenters. The van der Waals surface area contributed by atoms with E-state index in [4.69, 9.17) is 14.2 Å². The fourth-order valence-electron chi connectivity index (χ4n) is 3.74. The largest absolute Gasteiger partial charge is 0.459 e. The molecule has 5 rings (SSSR count). The Bertz CT molecular complexity index is 1260. The minimum Gasteiger partial charge on any atom is -0.459 e. The van der Waals surface area contributed by atoms with Crippen LogP contribution in [0.5, 0.6) is 0 Å². The Kier molecular flexibility index (Phi) is 5.77. The average Bonchev–Trinajstić information content (AvgIpc) is 3.47. The molecule has 0 bridgehead atoms. The molecule has 0 spiro atoms. The molecule has 0 saturated carbocycles. The molecular weight excluding hydrogens is 424 g/mol. The molecule has 0 amide bonds. The molecular formula is C24H20N4O5. The van der Waals surface area contributed by atoms with Crippen LogP contribution in [0.25, 0.3) is 11.2 Å². The molecule has 0 N–H and O–H groups in total. The Morgan fingerprint density at radius 1 is 0.970 bits per heavy atom. The third kappa shape index (κ3) is 4.44. The number of benzene rings is 2. The van der Waals surface area contributed by atoms with Gasteiger partial charge in [0.15, 0.2) is 5.65 Å². The third-order valence-corrected chi connectivity index (χ3v) is 5.39. The van der Waals surface area contributed by atoms with Gasteiger partial charge >= 0.3 is 11.9 Å². The maximum atomic E-state index is 12.7. The van der Waals surface area contributed by atoms with Gasteiger partial charge in [-0.2, -0.15) is 0 Å². The van der Waals surface area contributed by atoms with Gasteiger partial charge in [-0.05, 0) is 24.3 Å². The highest BCUT2D eigenvalue weighted by atomic mass is 16.6. The van der Waals surface area contributed by atoms with Gasteiger partial charge in [-0.1, -0.05) is 36.4 Å². The smallest absolute Gasteiger partial charge is 0.338 e. The van der Waals surface area contributed by atoms with E-state index >= 15 is 0 Å². The Labute approximate surface area is 189 Å². The van der Waals surface area contributed by atoms with Crippen LogP contribution < -0.4 is 0 Å². The molecule has 166 valence electrons. The summed E-state index contributed by atoms with van der Waals surface area (Å²) < 4.78 is 19.2. The van der Waals surface area contributed by atoms with Crippen molar-refractivity contribution in [3.8, 4) is 0 Å². The number of carbonyl (C=O) groups excluding carboxylic acids is 2. The molecule has 2 aromatic heterocycles. The average molecular weight is 444 g/mol. The summed E-state index contributed by atoms with van der Waals surface area (Å²) in [6.45, 7) is -0.0709. The summed E-state index contributed by atoms with van der Waals surface area (Å²) >= 11 is 0. The van der Waals surface area contributed by atoms with Gasteiger partial charge in [-0.15, -0.1) is 0 Å². The molecule has 1 aliphatic rings. The van der Waals surface area contributed by atoms with Crippen LogP contribution in [0.2, 0.25) is 0 Å². The quantitative estimate of drug-likeness (QED) is 0.418. The number of rotatable bonds is 6. The van der Waals surface area contributed by atoms with Crippen LogP contribution in [0.3, 0.4) is 0 Å². The Balaban J connectivity index is 1.35. The maximum absolute atomic E-state index is 12.7. The van der Waals surface area contributed by atoms with E-state index in [1.807, 2.05) is 12.1 Å². The molecule has 9 heteroatoms. The van der Waals surface area contributed by atoms with Crippen molar-refractivity contribution < 1.29 is 23.8 Å². The first kappa shape index (κ1) is 20.8. The summed E-state index contributed by atoms with van der Waals surface area (Å²) in [5.74, 6) is -0.946. The second kappa shape index (κ2) is 9.17. The Hall–Kier alpha value is -4.11. The number of fused-ring (bicyclic) bond motifs is 1. The van der Waals surface area contributed by atoms with E-state index in [2.05, 4.69) is 15.0 Å². The molecule has 2 aromatic carbocycles.